The van der Waals surface area contributed by atoms with Crippen LogP contribution in [-0.2, 0) is 4.74 Å². The normalized spacial score (nSPS) is 29.8. The molecule has 0 radical (unpaired) electrons. The Balaban J connectivity index is 1.94. The van der Waals surface area contributed by atoms with Gasteiger partial charge < -0.3 is 4.74 Å². The molecule has 0 aromatic carbocycles. The molecule has 78 valence electrons. The minimum Gasteiger partial charge on any atom is -0.379 e. The van der Waals surface area contributed by atoms with E-state index in [2.05, 4.69) is 30.1 Å². The van der Waals surface area contributed by atoms with Crippen molar-refractivity contribution in [3.05, 3.63) is 23.8 Å². The molecule has 1 saturated heterocycles. The predicted molar refractivity (Wildman–Crippen MR) is 58.3 cm³/mol. The van der Waals surface area contributed by atoms with Gasteiger partial charge in [0.2, 0.25) is 0 Å². The van der Waals surface area contributed by atoms with Gasteiger partial charge in [-0.25, -0.2) is 0 Å². The van der Waals surface area contributed by atoms with Gasteiger partial charge in [-0.1, -0.05) is 23.8 Å². The highest BCUT2D eigenvalue weighted by atomic mass is 16.5. The van der Waals surface area contributed by atoms with E-state index in [-0.39, 0.29) is 0 Å². The first-order valence-corrected chi connectivity index (χ1v) is 5.53. The van der Waals surface area contributed by atoms with E-state index in [1.165, 1.54) is 18.4 Å². The van der Waals surface area contributed by atoms with Crippen LogP contribution >= 0.6 is 0 Å². The zero-order valence-corrected chi connectivity index (χ0v) is 8.91. The molecule has 1 atom stereocenters. The summed E-state index contributed by atoms with van der Waals surface area (Å²) in [4.78, 5) is 2.53. The third-order valence-electron chi connectivity index (χ3n) is 3.02. The molecule has 0 aromatic rings. The fourth-order valence-electron chi connectivity index (χ4n) is 2.12. The van der Waals surface area contributed by atoms with Gasteiger partial charge in [-0.2, -0.15) is 0 Å². The summed E-state index contributed by atoms with van der Waals surface area (Å²) in [5, 5.41) is 0. The van der Waals surface area contributed by atoms with Crippen LogP contribution in [0.2, 0.25) is 0 Å². The molecule has 0 N–H and O–H groups in total. The lowest BCUT2D eigenvalue weighted by Gasteiger charge is -2.32. The summed E-state index contributed by atoms with van der Waals surface area (Å²) in [7, 11) is 0. The van der Waals surface area contributed by atoms with Crippen molar-refractivity contribution in [2.45, 2.75) is 25.8 Å². The average Bonchev–Trinajstić information content (AvgIpc) is 2.44. The Kier molecular flexibility index (Phi) is 3.38. The average molecular weight is 193 g/mol. The van der Waals surface area contributed by atoms with Crippen LogP contribution in [0.15, 0.2) is 23.8 Å². The minimum absolute atomic E-state index is 0.632. The Morgan fingerprint density at radius 2 is 2.14 bits per heavy atom. The summed E-state index contributed by atoms with van der Waals surface area (Å²) >= 11 is 0. The van der Waals surface area contributed by atoms with Crippen LogP contribution in [0.4, 0.5) is 0 Å². The molecule has 1 heterocycles. The summed E-state index contributed by atoms with van der Waals surface area (Å²) in [6, 6.07) is 0.632. The van der Waals surface area contributed by atoms with Gasteiger partial charge in [0.1, 0.15) is 0 Å². The van der Waals surface area contributed by atoms with Crippen LogP contribution in [0, 0.1) is 0 Å². The Labute approximate surface area is 86.2 Å². The highest BCUT2D eigenvalue weighted by Crippen LogP contribution is 2.16. The van der Waals surface area contributed by atoms with Crippen molar-refractivity contribution in [2.24, 2.45) is 0 Å². The molecule has 2 nitrogen and oxygen atoms in total. The van der Waals surface area contributed by atoms with Gasteiger partial charge in [-0.05, 0) is 19.8 Å². The molecular formula is C12H19NO. The zero-order chi connectivity index (χ0) is 9.80. The number of nitrogens with zero attached hydrogens (tertiary/aromatic N) is 1. The van der Waals surface area contributed by atoms with Crippen molar-refractivity contribution < 1.29 is 4.74 Å². The largest absolute Gasteiger partial charge is 0.379 e. The second-order valence-corrected chi connectivity index (χ2v) is 4.10. The lowest BCUT2D eigenvalue weighted by molar-refractivity contribution is 0.0245. The van der Waals surface area contributed by atoms with E-state index in [4.69, 9.17) is 4.74 Å². The molecule has 2 heteroatoms. The Morgan fingerprint density at radius 3 is 2.93 bits per heavy atom. The van der Waals surface area contributed by atoms with Crippen molar-refractivity contribution in [3.63, 3.8) is 0 Å². The van der Waals surface area contributed by atoms with Crippen LogP contribution in [-0.4, -0.2) is 37.2 Å². The molecule has 1 fully saturated rings. The molecule has 2 aliphatic rings. The van der Waals surface area contributed by atoms with Gasteiger partial charge in [-0.3, -0.25) is 4.90 Å². The van der Waals surface area contributed by atoms with Gasteiger partial charge in [0.15, 0.2) is 0 Å². The third kappa shape index (κ3) is 2.46. The maximum Gasteiger partial charge on any atom is 0.0594 e. The smallest absolute Gasteiger partial charge is 0.0594 e. The quantitative estimate of drug-likeness (QED) is 0.631. The zero-order valence-electron chi connectivity index (χ0n) is 8.91. The number of rotatable bonds is 1. The number of hydrogen-bond acceptors (Lipinski definition) is 2. The number of ether oxygens (including phenoxy) is 1. The van der Waals surface area contributed by atoms with Gasteiger partial charge in [0.25, 0.3) is 0 Å². The molecule has 0 bridgehead atoms. The second-order valence-electron chi connectivity index (χ2n) is 4.10. The molecule has 2 rings (SSSR count). The minimum atomic E-state index is 0.632. The number of morpholine rings is 1. The fourth-order valence-corrected chi connectivity index (χ4v) is 2.12. The van der Waals surface area contributed by atoms with Crippen molar-refractivity contribution in [1.82, 2.24) is 4.90 Å². The molecule has 0 spiro atoms. The van der Waals surface area contributed by atoms with E-state index in [9.17, 15) is 0 Å². The topological polar surface area (TPSA) is 12.5 Å². The SMILES string of the molecule is CC1=CCCC(N2CCOCC2)C=C1. The Bertz CT molecular complexity index is 239. The molecule has 0 aromatic heterocycles. The molecule has 1 aliphatic heterocycles. The lowest BCUT2D eigenvalue weighted by atomic mass is 10.1. The first-order valence-electron chi connectivity index (χ1n) is 5.53. The Hall–Kier alpha value is -0.600. The fraction of sp³-hybridized carbons (Fsp3) is 0.667. The first kappa shape index (κ1) is 9.94. The van der Waals surface area contributed by atoms with Crippen LogP contribution < -0.4 is 0 Å². The van der Waals surface area contributed by atoms with E-state index in [1.807, 2.05) is 0 Å². The second kappa shape index (κ2) is 4.76. The highest BCUT2D eigenvalue weighted by molar-refractivity contribution is 5.20. The van der Waals surface area contributed by atoms with Gasteiger partial charge in [-0.15, -0.1) is 0 Å². The van der Waals surface area contributed by atoms with Gasteiger partial charge in [0.05, 0.1) is 13.2 Å². The summed E-state index contributed by atoms with van der Waals surface area (Å²) < 4.78 is 5.36. The Morgan fingerprint density at radius 1 is 1.36 bits per heavy atom. The highest BCUT2D eigenvalue weighted by Gasteiger charge is 2.18. The van der Waals surface area contributed by atoms with Crippen molar-refractivity contribution in [3.8, 4) is 0 Å². The maximum absolute atomic E-state index is 5.36. The maximum atomic E-state index is 5.36. The van der Waals surface area contributed by atoms with Crippen molar-refractivity contribution in [1.29, 1.82) is 0 Å². The summed E-state index contributed by atoms with van der Waals surface area (Å²) in [5.41, 5.74) is 1.40. The summed E-state index contributed by atoms with van der Waals surface area (Å²) in [6.07, 6.45) is 9.41. The van der Waals surface area contributed by atoms with E-state index >= 15 is 0 Å². The van der Waals surface area contributed by atoms with Crippen LogP contribution in [0.25, 0.3) is 0 Å². The van der Waals surface area contributed by atoms with Gasteiger partial charge >= 0.3 is 0 Å². The standard InChI is InChI=1S/C12H19NO/c1-11-3-2-4-12(6-5-11)13-7-9-14-10-8-13/h3,5-6,12H,2,4,7-10H2,1H3. The van der Waals surface area contributed by atoms with Crippen LogP contribution in [0.1, 0.15) is 19.8 Å². The van der Waals surface area contributed by atoms with E-state index in [0.717, 1.165) is 26.3 Å². The molecule has 0 amide bonds. The molecule has 14 heavy (non-hydrogen) atoms. The van der Waals surface area contributed by atoms with Crippen molar-refractivity contribution in [2.75, 3.05) is 26.3 Å². The lowest BCUT2D eigenvalue weighted by Crippen LogP contribution is -2.42. The number of allylic oxidation sites excluding steroid dienone is 3. The summed E-state index contributed by atoms with van der Waals surface area (Å²) in [6.45, 7) is 6.16. The third-order valence-corrected chi connectivity index (χ3v) is 3.02. The molecular weight excluding hydrogens is 174 g/mol. The molecule has 1 unspecified atom stereocenters. The van der Waals surface area contributed by atoms with E-state index in [0.29, 0.717) is 6.04 Å². The van der Waals surface area contributed by atoms with Crippen LogP contribution in [0.5, 0.6) is 0 Å². The first-order chi connectivity index (χ1) is 6.86. The summed E-state index contributed by atoms with van der Waals surface area (Å²) in [5.74, 6) is 0. The van der Waals surface area contributed by atoms with Crippen molar-refractivity contribution >= 4 is 0 Å². The van der Waals surface area contributed by atoms with Crippen LogP contribution in [0.3, 0.4) is 0 Å². The van der Waals surface area contributed by atoms with Gasteiger partial charge in [0, 0.05) is 19.1 Å². The molecule has 1 aliphatic carbocycles. The van der Waals surface area contributed by atoms with E-state index < -0.39 is 0 Å². The van der Waals surface area contributed by atoms with E-state index in [1.54, 1.807) is 0 Å². The predicted octanol–water partition coefficient (Wildman–Crippen LogP) is 1.98. The number of hydrogen-bond donors (Lipinski definition) is 0. The monoisotopic (exact) mass is 193 g/mol. The molecule has 0 saturated carbocycles.